The smallest absolute Gasteiger partial charge is 0.389 e. The van der Waals surface area contributed by atoms with E-state index in [9.17, 15) is 26.7 Å². The van der Waals surface area contributed by atoms with E-state index in [1.165, 1.54) is 22.0 Å². The van der Waals surface area contributed by atoms with Gasteiger partial charge in [0.25, 0.3) is 0 Å². The Kier molecular flexibility index (Phi) is 8.73. The van der Waals surface area contributed by atoms with Crippen LogP contribution in [0.15, 0.2) is 55.0 Å². The van der Waals surface area contributed by atoms with Gasteiger partial charge in [0.2, 0.25) is 10.0 Å². The molecule has 1 fully saturated rings. The van der Waals surface area contributed by atoms with Crippen molar-refractivity contribution in [3.05, 3.63) is 77.4 Å². The summed E-state index contributed by atoms with van der Waals surface area (Å²) in [6.07, 6.45) is 5.26. The first kappa shape index (κ1) is 32.6. The van der Waals surface area contributed by atoms with Gasteiger partial charge in [-0.05, 0) is 30.3 Å². The highest BCUT2D eigenvalue weighted by atomic mass is 32.2. The summed E-state index contributed by atoms with van der Waals surface area (Å²) < 4.78 is 72.8. The molecule has 3 aliphatic heterocycles. The summed E-state index contributed by atoms with van der Waals surface area (Å²) in [5.41, 5.74) is 3.76. The van der Waals surface area contributed by atoms with E-state index in [1.807, 2.05) is 12.4 Å². The third-order valence-electron chi connectivity index (χ3n) is 9.46. The SMILES string of the molecule is CS(=O)(=O)N1CCc2c(c(-c3ccc(C(F)(F)F)cc3)nn2CC(O)CN2C=CC(c3c[nH]c4cc(N5CCOCC5)ncc34)CC2)C1. The van der Waals surface area contributed by atoms with E-state index in [2.05, 4.69) is 33.1 Å². The van der Waals surface area contributed by atoms with Crippen molar-refractivity contribution in [2.24, 2.45) is 0 Å². The van der Waals surface area contributed by atoms with E-state index in [-0.39, 0.29) is 25.6 Å². The number of aliphatic hydroxyl groups excluding tert-OH is 1. The van der Waals surface area contributed by atoms with Crippen LogP contribution in [0.1, 0.15) is 34.7 Å². The van der Waals surface area contributed by atoms with Gasteiger partial charge in [0.15, 0.2) is 0 Å². The molecule has 6 heterocycles. The molecule has 3 aliphatic rings. The first-order valence-electron chi connectivity index (χ1n) is 16.1. The fourth-order valence-corrected chi connectivity index (χ4v) is 7.68. The molecule has 3 aromatic heterocycles. The molecular formula is C33H38F3N7O4S. The Morgan fingerprint density at radius 2 is 1.88 bits per heavy atom. The van der Waals surface area contributed by atoms with Gasteiger partial charge in [-0.25, -0.2) is 13.4 Å². The average Bonchev–Trinajstić information content (AvgIpc) is 3.66. The van der Waals surface area contributed by atoms with Crippen LogP contribution in [0.5, 0.6) is 0 Å². The highest BCUT2D eigenvalue weighted by Gasteiger charge is 2.33. The van der Waals surface area contributed by atoms with E-state index in [1.54, 1.807) is 4.68 Å². The molecule has 1 saturated heterocycles. The molecular weight excluding hydrogens is 647 g/mol. The summed E-state index contributed by atoms with van der Waals surface area (Å²) in [6, 6.07) is 6.80. The van der Waals surface area contributed by atoms with Crippen molar-refractivity contribution >= 4 is 26.7 Å². The minimum atomic E-state index is -4.47. The summed E-state index contributed by atoms with van der Waals surface area (Å²) >= 11 is 0. The lowest BCUT2D eigenvalue weighted by molar-refractivity contribution is -0.137. The number of allylic oxidation sites excluding steroid dienone is 1. The van der Waals surface area contributed by atoms with Crippen LogP contribution in [0.3, 0.4) is 0 Å². The van der Waals surface area contributed by atoms with E-state index >= 15 is 0 Å². The maximum Gasteiger partial charge on any atom is 0.416 e. The molecule has 11 nitrogen and oxygen atoms in total. The van der Waals surface area contributed by atoms with Gasteiger partial charge >= 0.3 is 6.18 Å². The fourth-order valence-electron chi connectivity index (χ4n) is 6.89. The summed E-state index contributed by atoms with van der Waals surface area (Å²) in [7, 11) is -3.49. The van der Waals surface area contributed by atoms with Crippen LogP contribution in [0.25, 0.3) is 22.2 Å². The van der Waals surface area contributed by atoms with Gasteiger partial charge in [-0.15, -0.1) is 0 Å². The van der Waals surface area contributed by atoms with Crippen LogP contribution < -0.4 is 4.90 Å². The number of pyridine rings is 1. The highest BCUT2D eigenvalue weighted by molar-refractivity contribution is 7.88. The van der Waals surface area contributed by atoms with Gasteiger partial charge in [-0.1, -0.05) is 18.2 Å². The topological polar surface area (TPSA) is 120 Å². The van der Waals surface area contributed by atoms with Crippen molar-refractivity contribution in [1.82, 2.24) is 29.0 Å². The number of morpholine rings is 1. The molecule has 256 valence electrons. The highest BCUT2D eigenvalue weighted by Crippen LogP contribution is 2.35. The number of halogens is 3. The van der Waals surface area contributed by atoms with Gasteiger partial charge in [-0.3, -0.25) is 4.68 Å². The lowest BCUT2D eigenvalue weighted by atomic mass is 9.93. The number of nitrogens with one attached hydrogen (secondary N) is 1. The second kappa shape index (κ2) is 12.8. The van der Waals surface area contributed by atoms with Crippen molar-refractivity contribution in [2.45, 2.75) is 44.1 Å². The Hall–Kier alpha value is -3.92. The second-order valence-corrected chi connectivity index (χ2v) is 14.7. The Bertz CT molecular complexity index is 1920. The Morgan fingerprint density at radius 1 is 1.10 bits per heavy atom. The molecule has 48 heavy (non-hydrogen) atoms. The number of fused-ring (bicyclic) bond motifs is 2. The van der Waals surface area contributed by atoms with Crippen LogP contribution in [0.2, 0.25) is 0 Å². The summed E-state index contributed by atoms with van der Waals surface area (Å²) in [4.78, 5) is 12.4. The number of hydrogen-bond acceptors (Lipinski definition) is 8. The van der Waals surface area contributed by atoms with Crippen LogP contribution in [-0.2, 0) is 40.4 Å². The number of aromatic nitrogens is 4. The molecule has 0 aliphatic carbocycles. The van der Waals surface area contributed by atoms with Gasteiger partial charge < -0.3 is 24.6 Å². The molecule has 0 amide bonds. The van der Waals surface area contributed by atoms with E-state index < -0.39 is 27.9 Å². The lowest BCUT2D eigenvalue weighted by Crippen LogP contribution is -2.37. The quantitative estimate of drug-likeness (QED) is 0.286. The van der Waals surface area contributed by atoms with E-state index in [0.717, 1.165) is 66.9 Å². The number of H-pyrrole nitrogens is 1. The number of alkyl halides is 3. The number of hydrogen-bond donors (Lipinski definition) is 2. The third kappa shape index (κ3) is 6.68. The van der Waals surface area contributed by atoms with E-state index in [4.69, 9.17) is 14.8 Å². The summed E-state index contributed by atoms with van der Waals surface area (Å²) in [6.45, 7) is 4.63. The van der Waals surface area contributed by atoms with Crippen molar-refractivity contribution in [3.8, 4) is 11.3 Å². The van der Waals surface area contributed by atoms with Crippen molar-refractivity contribution in [3.63, 3.8) is 0 Å². The predicted molar refractivity (Wildman–Crippen MR) is 175 cm³/mol. The zero-order valence-corrected chi connectivity index (χ0v) is 27.3. The van der Waals surface area contributed by atoms with Crippen molar-refractivity contribution in [1.29, 1.82) is 0 Å². The number of aliphatic hydroxyl groups is 1. The zero-order valence-electron chi connectivity index (χ0n) is 26.5. The molecule has 7 rings (SSSR count). The number of benzene rings is 1. The molecule has 0 radical (unpaired) electrons. The maximum absolute atomic E-state index is 13.2. The third-order valence-corrected chi connectivity index (χ3v) is 10.7. The van der Waals surface area contributed by atoms with Gasteiger partial charge in [0.05, 0.1) is 48.9 Å². The minimum absolute atomic E-state index is 0.0642. The van der Waals surface area contributed by atoms with Gasteiger partial charge in [0.1, 0.15) is 5.82 Å². The van der Waals surface area contributed by atoms with Crippen LogP contribution in [-0.4, -0.2) is 101 Å². The standard InChI is InChI=1S/C33H38F3N7O4S/c1-48(45,46)42-11-8-30-28(21-42)32(23-2-4-24(5-3-23)33(34,35)36)39-43(30)20-25(44)19-40-9-6-22(7-10-40)26-17-37-29-16-31(38-18-27(26)29)41-12-14-47-15-13-41/h2-6,9,16-18,22,25,37,44H,7-8,10-15,19-21H2,1H3. The first-order chi connectivity index (χ1) is 22.9. The molecule has 0 bridgehead atoms. The molecule has 2 atom stereocenters. The monoisotopic (exact) mass is 685 g/mol. The molecule has 1 aromatic carbocycles. The Morgan fingerprint density at radius 3 is 2.56 bits per heavy atom. The number of anilines is 1. The molecule has 0 saturated carbocycles. The number of aromatic amines is 1. The summed E-state index contributed by atoms with van der Waals surface area (Å²) in [5, 5.41) is 17.0. The number of ether oxygens (including phenoxy) is 1. The fraction of sp³-hybridized carbons (Fsp3) is 0.455. The number of rotatable bonds is 8. The minimum Gasteiger partial charge on any atom is -0.389 e. The van der Waals surface area contributed by atoms with E-state index in [0.29, 0.717) is 43.0 Å². The largest absolute Gasteiger partial charge is 0.416 e. The molecule has 2 N–H and O–H groups in total. The van der Waals surface area contributed by atoms with Crippen molar-refractivity contribution in [2.75, 3.05) is 57.1 Å². The molecule has 0 spiro atoms. The first-order valence-corrected chi connectivity index (χ1v) is 17.9. The molecule has 2 unspecified atom stereocenters. The lowest BCUT2D eigenvalue weighted by Gasteiger charge is -2.30. The van der Waals surface area contributed by atoms with Gasteiger partial charge in [0, 0.05) is 92.3 Å². The summed E-state index contributed by atoms with van der Waals surface area (Å²) in [5.74, 6) is 1.14. The molecule has 15 heteroatoms. The predicted octanol–water partition coefficient (Wildman–Crippen LogP) is 3.96. The maximum atomic E-state index is 13.2. The van der Waals surface area contributed by atoms with Crippen LogP contribution >= 0.6 is 0 Å². The average molecular weight is 686 g/mol. The van der Waals surface area contributed by atoms with Crippen molar-refractivity contribution < 1.29 is 31.4 Å². The number of nitrogens with zero attached hydrogens (tertiary/aromatic N) is 6. The van der Waals surface area contributed by atoms with Crippen LogP contribution in [0, 0.1) is 0 Å². The zero-order chi connectivity index (χ0) is 33.6. The normalized spacial score (nSPS) is 20.0. The second-order valence-electron chi connectivity index (χ2n) is 12.7. The molecule has 4 aromatic rings. The number of sulfonamides is 1. The van der Waals surface area contributed by atoms with Gasteiger partial charge in [-0.2, -0.15) is 22.6 Å². The Labute approximate surface area is 276 Å². The Balaban J connectivity index is 1.05. The number of β-amino-alcohol motifs (C(OH)–C–C–N with tert-alkyl or cyclic N) is 1. The van der Waals surface area contributed by atoms with Crippen LogP contribution in [0.4, 0.5) is 19.0 Å².